The molecule has 0 bridgehead atoms. The van der Waals surface area contributed by atoms with Gasteiger partial charge in [-0.1, -0.05) is 19.1 Å². The highest BCUT2D eigenvalue weighted by atomic mass is 19.1. The van der Waals surface area contributed by atoms with Crippen LogP contribution in [0.5, 0.6) is 0 Å². The molecule has 0 aromatic heterocycles. The lowest BCUT2D eigenvalue weighted by Gasteiger charge is -2.06. The van der Waals surface area contributed by atoms with Gasteiger partial charge in [-0.3, -0.25) is 0 Å². The molecule has 0 heterocycles. The third-order valence-electron chi connectivity index (χ3n) is 1.92. The molecule has 1 rings (SSSR count). The molecule has 2 heteroatoms. The van der Waals surface area contributed by atoms with Crippen molar-refractivity contribution < 1.29 is 9.50 Å². The molecule has 1 atom stereocenters. The summed E-state index contributed by atoms with van der Waals surface area (Å²) in [4.78, 5) is 0. The van der Waals surface area contributed by atoms with Crippen LogP contribution in [-0.4, -0.2) is 5.11 Å². The maximum absolute atomic E-state index is 13.1. The minimum Gasteiger partial charge on any atom is -0.389 e. The highest BCUT2D eigenvalue weighted by Gasteiger charge is 2.07. The Morgan fingerprint density at radius 1 is 1.50 bits per heavy atom. The van der Waals surface area contributed by atoms with Crippen molar-refractivity contribution in [3.8, 4) is 0 Å². The number of hydrogen-bond donors (Lipinski definition) is 1. The van der Waals surface area contributed by atoms with E-state index in [0.29, 0.717) is 5.56 Å². The van der Waals surface area contributed by atoms with E-state index in [1.807, 2.05) is 13.0 Å². The van der Waals surface area contributed by atoms with E-state index in [9.17, 15) is 4.39 Å². The smallest absolute Gasteiger partial charge is 0.129 e. The maximum atomic E-state index is 13.1. The van der Waals surface area contributed by atoms with Crippen LogP contribution < -0.4 is 0 Å². The van der Waals surface area contributed by atoms with Crippen LogP contribution >= 0.6 is 0 Å². The summed E-state index contributed by atoms with van der Waals surface area (Å²) in [6.07, 6.45) is 0.0905. The lowest BCUT2D eigenvalue weighted by molar-refractivity contribution is 0.194. The molecule has 0 saturated heterocycles. The van der Waals surface area contributed by atoms with Gasteiger partial charge in [0.25, 0.3) is 0 Å². The van der Waals surface area contributed by atoms with Crippen molar-refractivity contribution >= 4 is 0 Å². The standard InChI is InChI=1S/C10H13FO/c1-3-8-4-5-9(7(2)12)10(11)6-8/h4-7,12H,3H2,1-2H3. The van der Waals surface area contributed by atoms with Gasteiger partial charge in [0.05, 0.1) is 6.10 Å². The van der Waals surface area contributed by atoms with Gasteiger partial charge in [-0.05, 0) is 25.0 Å². The van der Waals surface area contributed by atoms with E-state index in [1.165, 1.54) is 6.07 Å². The topological polar surface area (TPSA) is 20.2 Å². The number of halogens is 1. The van der Waals surface area contributed by atoms with Gasteiger partial charge < -0.3 is 5.11 Å². The average Bonchev–Trinajstić information content (AvgIpc) is 2.03. The van der Waals surface area contributed by atoms with E-state index >= 15 is 0 Å². The summed E-state index contributed by atoms with van der Waals surface area (Å²) in [5.74, 6) is -0.315. The van der Waals surface area contributed by atoms with Gasteiger partial charge in [0.15, 0.2) is 0 Å². The van der Waals surface area contributed by atoms with Crippen LogP contribution in [0.4, 0.5) is 4.39 Å². The van der Waals surface area contributed by atoms with E-state index in [2.05, 4.69) is 0 Å². The first-order valence-electron chi connectivity index (χ1n) is 4.11. The number of aryl methyl sites for hydroxylation is 1. The Morgan fingerprint density at radius 2 is 2.17 bits per heavy atom. The van der Waals surface area contributed by atoms with Crippen LogP contribution in [0, 0.1) is 5.82 Å². The minimum atomic E-state index is -0.726. The Labute approximate surface area is 71.9 Å². The zero-order valence-corrected chi connectivity index (χ0v) is 7.34. The van der Waals surface area contributed by atoms with E-state index in [4.69, 9.17) is 5.11 Å². The molecule has 1 aromatic carbocycles. The van der Waals surface area contributed by atoms with Crippen molar-refractivity contribution in [1.82, 2.24) is 0 Å². The summed E-state index contributed by atoms with van der Waals surface area (Å²) >= 11 is 0. The van der Waals surface area contributed by atoms with Crippen molar-refractivity contribution in [2.24, 2.45) is 0 Å². The number of hydrogen-bond acceptors (Lipinski definition) is 1. The summed E-state index contributed by atoms with van der Waals surface area (Å²) in [5.41, 5.74) is 1.32. The van der Waals surface area contributed by atoms with E-state index < -0.39 is 6.10 Å². The molecule has 0 spiro atoms. The van der Waals surface area contributed by atoms with Gasteiger partial charge in [-0.15, -0.1) is 0 Å². The summed E-state index contributed by atoms with van der Waals surface area (Å²) in [5, 5.41) is 9.13. The SMILES string of the molecule is CCc1ccc(C(C)O)c(F)c1. The zero-order valence-electron chi connectivity index (χ0n) is 7.34. The van der Waals surface area contributed by atoms with Crippen LogP contribution in [-0.2, 0) is 6.42 Å². The Kier molecular flexibility index (Phi) is 2.82. The molecule has 1 nitrogen and oxygen atoms in total. The molecule has 1 unspecified atom stereocenters. The molecule has 0 aliphatic heterocycles. The fraction of sp³-hybridized carbons (Fsp3) is 0.400. The molecule has 0 fully saturated rings. The normalized spacial score (nSPS) is 13.0. The molecular weight excluding hydrogens is 155 g/mol. The fourth-order valence-corrected chi connectivity index (χ4v) is 1.13. The highest BCUT2D eigenvalue weighted by Crippen LogP contribution is 2.17. The quantitative estimate of drug-likeness (QED) is 0.719. The van der Waals surface area contributed by atoms with Gasteiger partial charge in [0.2, 0.25) is 0 Å². The second-order valence-electron chi connectivity index (χ2n) is 2.89. The van der Waals surface area contributed by atoms with E-state index in [0.717, 1.165) is 12.0 Å². The third kappa shape index (κ3) is 1.83. The zero-order chi connectivity index (χ0) is 9.14. The van der Waals surface area contributed by atoms with Crippen molar-refractivity contribution in [3.63, 3.8) is 0 Å². The number of aliphatic hydroxyl groups excluding tert-OH is 1. The highest BCUT2D eigenvalue weighted by molar-refractivity contribution is 5.25. The van der Waals surface area contributed by atoms with Gasteiger partial charge in [-0.2, -0.15) is 0 Å². The molecule has 0 saturated carbocycles. The van der Waals surface area contributed by atoms with Crippen molar-refractivity contribution in [1.29, 1.82) is 0 Å². The lowest BCUT2D eigenvalue weighted by atomic mass is 10.1. The Morgan fingerprint density at radius 3 is 2.58 bits per heavy atom. The van der Waals surface area contributed by atoms with Crippen LogP contribution in [0.3, 0.4) is 0 Å². The molecule has 1 N–H and O–H groups in total. The van der Waals surface area contributed by atoms with Gasteiger partial charge in [0.1, 0.15) is 5.82 Å². The van der Waals surface area contributed by atoms with Gasteiger partial charge in [0, 0.05) is 5.56 Å². The average molecular weight is 168 g/mol. The van der Waals surface area contributed by atoms with Crippen molar-refractivity contribution in [2.45, 2.75) is 26.4 Å². The number of aliphatic hydroxyl groups is 1. The third-order valence-corrected chi connectivity index (χ3v) is 1.92. The van der Waals surface area contributed by atoms with Crippen LogP contribution in [0.1, 0.15) is 31.1 Å². The monoisotopic (exact) mass is 168 g/mol. The fourth-order valence-electron chi connectivity index (χ4n) is 1.13. The van der Waals surface area contributed by atoms with Crippen LogP contribution in [0.2, 0.25) is 0 Å². The second-order valence-corrected chi connectivity index (χ2v) is 2.89. The van der Waals surface area contributed by atoms with Crippen LogP contribution in [0.25, 0.3) is 0 Å². The first-order chi connectivity index (χ1) is 5.65. The summed E-state index contributed by atoms with van der Waals surface area (Å²) in [6.45, 7) is 3.53. The van der Waals surface area contributed by atoms with Gasteiger partial charge >= 0.3 is 0 Å². The predicted molar refractivity (Wildman–Crippen MR) is 46.4 cm³/mol. The van der Waals surface area contributed by atoms with Crippen LogP contribution in [0.15, 0.2) is 18.2 Å². The van der Waals surface area contributed by atoms with E-state index in [1.54, 1.807) is 13.0 Å². The maximum Gasteiger partial charge on any atom is 0.129 e. The molecule has 0 aliphatic carbocycles. The first kappa shape index (κ1) is 9.20. The molecule has 1 aromatic rings. The Bertz CT molecular complexity index is 269. The molecule has 12 heavy (non-hydrogen) atoms. The van der Waals surface area contributed by atoms with Crippen molar-refractivity contribution in [2.75, 3.05) is 0 Å². The number of rotatable bonds is 2. The molecular formula is C10H13FO. The first-order valence-corrected chi connectivity index (χ1v) is 4.11. The molecule has 66 valence electrons. The Balaban J connectivity index is 3.03. The molecule has 0 radical (unpaired) electrons. The summed E-state index contributed by atoms with van der Waals surface area (Å²) in [6, 6.07) is 4.95. The minimum absolute atomic E-state index is 0.315. The molecule has 0 aliphatic rings. The number of benzene rings is 1. The largest absolute Gasteiger partial charge is 0.389 e. The summed E-state index contributed by atoms with van der Waals surface area (Å²) in [7, 11) is 0. The predicted octanol–water partition coefficient (Wildman–Crippen LogP) is 2.44. The Hall–Kier alpha value is -0.890. The second kappa shape index (κ2) is 3.68. The van der Waals surface area contributed by atoms with Gasteiger partial charge in [-0.25, -0.2) is 4.39 Å². The van der Waals surface area contributed by atoms with E-state index in [-0.39, 0.29) is 5.82 Å². The summed E-state index contributed by atoms with van der Waals surface area (Å²) < 4.78 is 13.1. The molecule has 0 amide bonds. The lowest BCUT2D eigenvalue weighted by Crippen LogP contribution is -1.96. The van der Waals surface area contributed by atoms with Crippen molar-refractivity contribution in [3.05, 3.63) is 35.1 Å².